The molecule has 50 heavy (non-hydrogen) atoms. The van der Waals surface area contributed by atoms with Crippen LogP contribution < -0.4 is 21.3 Å². The summed E-state index contributed by atoms with van der Waals surface area (Å²) in [5.74, 6) is -0.348. The van der Waals surface area contributed by atoms with Crippen LogP contribution in [-0.2, 0) is 32.3 Å². The molecule has 10 nitrogen and oxygen atoms in total. The van der Waals surface area contributed by atoms with Crippen LogP contribution in [0.4, 0.5) is 9.59 Å². The molecule has 4 unspecified atom stereocenters. The summed E-state index contributed by atoms with van der Waals surface area (Å²) in [6.07, 6.45) is 11.3. The number of carbonyl (C=O) groups is 4. The van der Waals surface area contributed by atoms with Crippen molar-refractivity contribution in [3.63, 3.8) is 0 Å². The van der Waals surface area contributed by atoms with Crippen molar-refractivity contribution in [3.8, 4) is 0 Å². The predicted molar refractivity (Wildman–Crippen MR) is 198 cm³/mol. The second kappa shape index (κ2) is 25.8. The molecule has 10 heteroatoms. The molecule has 2 aromatic carbocycles. The van der Waals surface area contributed by atoms with Gasteiger partial charge in [-0.1, -0.05) is 153 Å². The lowest BCUT2D eigenvalue weighted by molar-refractivity contribution is -0.125. The van der Waals surface area contributed by atoms with E-state index in [-0.39, 0.29) is 36.9 Å². The van der Waals surface area contributed by atoms with Crippen LogP contribution in [0.1, 0.15) is 116 Å². The minimum absolute atomic E-state index is 0.00897. The number of ether oxygens (including phenoxy) is 2. The van der Waals surface area contributed by atoms with Gasteiger partial charge in [0.2, 0.25) is 11.8 Å². The van der Waals surface area contributed by atoms with Gasteiger partial charge in [-0.05, 0) is 35.8 Å². The third kappa shape index (κ3) is 18.1. The maximum atomic E-state index is 12.8. The SMILES string of the molecule is CCC(C)C(NC(=O)OCc1ccccc1)C(=O)NCCCCCCCCCCCCNC(=O)C(NC(=O)OCc1ccccc1)C(C)CC. The molecule has 0 aromatic heterocycles. The van der Waals surface area contributed by atoms with Crippen molar-refractivity contribution in [2.45, 2.75) is 130 Å². The summed E-state index contributed by atoms with van der Waals surface area (Å²) in [7, 11) is 0. The van der Waals surface area contributed by atoms with Gasteiger partial charge >= 0.3 is 12.2 Å². The fourth-order valence-corrected chi connectivity index (χ4v) is 5.49. The highest BCUT2D eigenvalue weighted by Crippen LogP contribution is 2.13. The molecule has 0 spiro atoms. The van der Waals surface area contributed by atoms with Gasteiger partial charge < -0.3 is 30.7 Å². The van der Waals surface area contributed by atoms with Crippen LogP contribution in [0.2, 0.25) is 0 Å². The van der Waals surface area contributed by atoms with Crippen LogP contribution in [0, 0.1) is 11.8 Å². The topological polar surface area (TPSA) is 135 Å². The molecule has 0 fully saturated rings. The Bertz CT molecular complexity index is 1130. The lowest BCUT2D eigenvalue weighted by Gasteiger charge is -2.23. The van der Waals surface area contributed by atoms with Gasteiger partial charge in [0.25, 0.3) is 0 Å². The minimum atomic E-state index is -0.626. The van der Waals surface area contributed by atoms with Crippen LogP contribution >= 0.6 is 0 Å². The Labute approximate surface area is 300 Å². The molecule has 0 aliphatic carbocycles. The number of rotatable bonds is 25. The van der Waals surface area contributed by atoms with Crippen molar-refractivity contribution in [2.75, 3.05) is 13.1 Å². The lowest BCUT2D eigenvalue weighted by atomic mass is 9.98. The van der Waals surface area contributed by atoms with Gasteiger partial charge in [-0.25, -0.2) is 9.59 Å². The van der Waals surface area contributed by atoms with E-state index in [1.807, 2.05) is 88.4 Å². The molecule has 278 valence electrons. The summed E-state index contributed by atoms with van der Waals surface area (Å²) in [5, 5.41) is 11.5. The summed E-state index contributed by atoms with van der Waals surface area (Å²) >= 11 is 0. The molecule has 0 saturated heterocycles. The average molecular weight is 695 g/mol. The molecule has 0 radical (unpaired) electrons. The van der Waals surface area contributed by atoms with Crippen LogP contribution in [0.5, 0.6) is 0 Å². The molecule has 4 atom stereocenters. The number of unbranched alkanes of at least 4 members (excludes halogenated alkanes) is 9. The van der Waals surface area contributed by atoms with Crippen LogP contribution in [0.15, 0.2) is 60.7 Å². The Morgan fingerprint density at radius 3 is 1.16 bits per heavy atom. The van der Waals surface area contributed by atoms with Crippen molar-refractivity contribution in [2.24, 2.45) is 11.8 Å². The zero-order chi connectivity index (χ0) is 36.4. The predicted octanol–water partition coefficient (Wildman–Crippen LogP) is 7.80. The first kappa shape index (κ1) is 42.1. The Hall–Kier alpha value is -4.08. The van der Waals surface area contributed by atoms with E-state index in [2.05, 4.69) is 21.3 Å². The van der Waals surface area contributed by atoms with E-state index in [4.69, 9.17) is 9.47 Å². The molecular formula is C40H62N4O6. The monoisotopic (exact) mass is 694 g/mol. The first-order valence-electron chi connectivity index (χ1n) is 18.7. The van der Waals surface area contributed by atoms with Gasteiger partial charge in [0.1, 0.15) is 25.3 Å². The Kier molecular flexibility index (Phi) is 21.7. The Balaban J connectivity index is 1.49. The molecule has 0 aliphatic heterocycles. The van der Waals surface area contributed by atoms with Crippen molar-refractivity contribution >= 4 is 24.0 Å². The quantitative estimate of drug-likeness (QED) is 0.0784. The molecule has 0 heterocycles. The van der Waals surface area contributed by atoms with Crippen molar-refractivity contribution in [1.82, 2.24) is 21.3 Å². The van der Waals surface area contributed by atoms with Gasteiger partial charge in [-0.15, -0.1) is 0 Å². The molecule has 2 aromatic rings. The van der Waals surface area contributed by atoms with Gasteiger partial charge in [0.15, 0.2) is 0 Å². The van der Waals surface area contributed by atoms with Crippen molar-refractivity contribution in [3.05, 3.63) is 71.8 Å². The molecule has 4 amide bonds. The highest BCUT2D eigenvalue weighted by Gasteiger charge is 2.27. The second-order valence-corrected chi connectivity index (χ2v) is 13.3. The first-order chi connectivity index (χ1) is 24.2. The summed E-state index contributed by atoms with van der Waals surface area (Å²) in [5.41, 5.74) is 1.79. The van der Waals surface area contributed by atoms with Gasteiger partial charge in [0, 0.05) is 13.1 Å². The highest BCUT2D eigenvalue weighted by atomic mass is 16.6. The lowest BCUT2D eigenvalue weighted by Crippen LogP contribution is -2.50. The molecule has 0 saturated carbocycles. The summed E-state index contributed by atoms with van der Waals surface area (Å²) in [6.45, 7) is 9.43. The van der Waals surface area contributed by atoms with Crippen molar-refractivity contribution in [1.29, 1.82) is 0 Å². The largest absolute Gasteiger partial charge is 0.445 e. The number of carbonyl (C=O) groups excluding carboxylic acids is 4. The van der Waals surface area contributed by atoms with E-state index in [0.717, 1.165) is 62.5 Å². The molecule has 0 aliphatic rings. The van der Waals surface area contributed by atoms with Gasteiger partial charge in [0.05, 0.1) is 0 Å². The van der Waals surface area contributed by atoms with Gasteiger partial charge in [-0.2, -0.15) is 0 Å². The Morgan fingerprint density at radius 2 is 0.840 bits per heavy atom. The Morgan fingerprint density at radius 1 is 0.520 bits per heavy atom. The molecule has 2 rings (SSSR count). The zero-order valence-electron chi connectivity index (χ0n) is 30.8. The molecule has 0 bridgehead atoms. The summed E-state index contributed by atoms with van der Waals surface area (Å²) in [4.78, 5) is 50.4. The van der Waals surface area contributed by atoms with Crippen LogP contribution in [-0.4, -0.2) is 49.2 Å². The molecular weight excluding hydrogens is 632 g/mol. The smallest absolute Gasteiger partial charge is 0.408 e. The van der Waals surface area contributed by atoms with E-state index in [0.29, 0.717) is 13.1 Å². The van der Waals surface area contributed by atoms with E-state index in [9.17, 15) is 19.2 Å². The third-order valence-electron chi connectivity index (χ3n) is 9.17. The normalized spacial score (nSPS) is 13.3. The average Bonchev–Trinajstić information content (AvgIpc) is 3.14. The number of hydrogen-bond acceptors (Lipinski definition) is 6. The van der Waals surface area contributed by atoms with E-state index < -0.39 is 24.3 Å². The summed E-state index contributed by atoms with van der Waals surface area (Å²) < 4.78 is 10.6. The maximum absolute atomic E-state index is 12.8. The number of hydrogen-bond donors (Lipinski definition) is 4. The first-order valence-corrected chi connectivity index (χ1v) is 18.7. The zero-order valence-corrected chi connectivity index (χ0v) is 30.8. The van der Waals surface area contributed by atoms with E-state index in [1.54, 1.807) is 0 Å². The summed E-state index contributed by atoms with van der Waals surface area (Å²) in [6, 6.07) is 17.7. The number of benzene rings is 2. The van der Waals surface area contributed by atoms with Crippen LogP contribution in [0.3, 0.4) is 0 Å². The highest BCUT2D eigenvalue weighted by molar-refractivity contribution is 5.86. The minimum Gasteiger partial charge on any atom is -0.445 e. The van der Waals surface area contributed by atoms with Crippen LogP contribution in [0.25, 0.3) is 0 Å². The third-order valence-corrected chi connectivity index (χ3v) is 9.17. The molecule has 4 N–H and O–H groups in total. The van der Waals surface area contributed by atoms with E-state index >= 15 is 0 Å². The maximum Gasteiger partial charge on any atom is 0.408 e. The number of amides is 4. The number of nitrogens with one attached hydrogen (secondary N) is 4. The van der Waals surface area contributed by atoms with Gasteiger partial charge in [-0.3, -0.25) is 9.59 Å². The second-order valence-electron chi connectivity index (χ2n) is 13.3. The van der Waals surface area contributed by atoms with Crippen molar-refractivity contribution < 1.29 is 28.7 Å². The fraction of sp³-hybridized carbons (Fsp3) is 0.600. The standard InChI is InChI=1S/C40H62N4O6/c1-5-31(3)35(43-39(47)49-29-33-23-17-15-18-24-33)37(45)41-27-21-13-11-9-7-8-10-12-14-22-28-42-38(46)36(32(4)6-2)44-40(48)50-30-34-25-19-16-20-26-34/h15-20,23-26,31-32,35-36H,5-14,21-22,27-30H2,1-4H3,(H,41,45)(H,42,46)(H,43,47)(H,44,48). The number of alkyl carbamates (subject to hydrolysis) is 2. The fourth-order valence-electron chi connectivity index (χ4n) is 5.49. The van der Waals surface area contributed by atoms with E-state index in [1.165, 1.54) is 25.7 Å².